The number of rotatable bonds is 4. The van der Waals surface area contributed by atoms with Gasteiger partial charge < -0.3 is 20.1 Å². The fraction of sp³-hybridized carbons (Fsp3) is 0.100. The highest BCUT2D eigenvalue weighted by Crippen LogP contribution is 2.32. The fourth-order valence-electron chi connectivity index (χ4n) is 2.64. The van der Waals surface area contributed by atoms with Crippen LogP contribution >= 0.6 is 11.6 Å². The van der Waals surface area contributed by atoms with Gasteiger partial charge in [-0.3, -0.25) is 4.79 Å². The van der Waals surface area contributed by atoms with Crippen molar-refractivity contribution in [1.82, 2.24) is 4.98 Å². The number of carbonyl (C=O) groups excluding carboxylic acids is 1. The molecule has 2 aromatic carbocycles. The minimum atomic E-state index is -0.256. The zero-order valence-electron chi connectivity index (χ0n) is 14.2. The molecule has 0 radical (unpaired) electrons. The van der Waals surface area contributed by atoms with E-state index >= 15 is 0 Å². The minimum Gasteiger partial charge on any atom is -0.486 e. The van der Waals surface area contributed by atoms with Gasteiger partial charge in [0.1, 0.15) is 19.0 Å². The molecule has 136 valence electrons. The molecule has 3 aromatic rings. The molecule has 1 aromatic heterocycles. The summed E-state index contributed by atoms with van der Waals surface area (Å²) in [6.07, 6.45) is 1.51. The molecule has 0 bridgehead atoms. The number of nitrogens with zero attached hydrogens (tertiary/aromatic N) is 1. The van der Waals surface area contributed by atoms with E-state index in [4.69, 9.17) is 21.1 Å². The van der Waals surface area contributed by atoms with E-state index in [0.717, 1.165) is 5.69 Å². The summed E-state index contributed by atoms with van der Waals surface area (Å²) in [5, 5.41) is 6.60. The van der Waals surface area contributed by atoms with Gasteiger partial charge in [-0.2, -0.15) is 0 Å². The van der Waals surface area contributed by atoms with Crippen LogP contribution in [0, 0.1) is 0 Å². The smallest absolute Gasteiger partial charge is 0.257 e. The van der Waals surface area contributed by atoms with Gasteiger partial charge in [0.2, 0.25) is 0 Å². The third kappa shape index (κ3) is 4.12. The molecule has 1 aliphatic rings. The Labute approximate surface area is 161 Å². The van der Waals surface area contributed by atoms with Crippen LogP contribution in [0.1, 0.15) is 10.4 Å². The lowest BCUT2D eigenvalue weighted by Gasteiger charge is -2.19. The first kappa shape index (κ1) is 17.2. The number of carbonyl (C=O) groups is 1. The van der Waals surface area contributed by atoms with Crippen LogP contribution in [0.5, 0.6) is 11.5 Å². The lowest BCUT2D eigenvalue weighted by atomic mass is 10.2. The summed E-state index contributed by atoms with van der Waals surface area (Å²) in [7, 11) is 0. The number of amides is 1. The van der Waals surface area contributed by atoms with Gasteiger partial charge >= 0.3 is 0 Å². The maximum absolute atomic E-state index is 12.4. The summed E-state index contributed by atoms with van der Waals surface area (Å²) < 4.78 is 11.0. The summed E-state index contributed by atoms with van der Waals surface area (Å²) in [5.41, 5.74) is 1.90. The highest BCUT2D eigenvalue weighted by Gasteiger charge is 2.13. The predicted molar refractivity (Wildman–Crippen MR) is 104 cm³/mol. The van der Waals surface area contributed by atoms with Crippen molar-refractivity contribution in [3.63, 3.8) is 0 Å². The lowest BCUT2D eigenvalue weighted by molar-refractivity contribution is 0.102. The Balaban J connectivity index is 1.43. The Kier molecular flexibility index (Phi) is 4.80. The van der Waals surface area contributed by atoms with E-state index in [9.17, 15) is 4.79 Å². The molecule has 0 saturated heterocycles. The van der Waals surface area contributed by atoms with E-state index in [1.807, 2.05) is 12.1 Å². The average Bonchev–Trinajstić information content (AvgIpc) is 2.68. The van der Waals surface area contributed by atoms with Crippen LogP contribution in [0.3, 0.4) is 0 Å². The average molecular weight is 382 g/mol. The third-order valence-corrected chi connectivity index (χ3v) is 4.16. The Morgan fingerprint density at radius 3 is 2.59 bits per heavy atom. The predicted octanol–water partition coefficient (Wildman–Crippen LogP) is 4.50. The molecule has 4 rings (SSSR count). The highest BCUT2D eigenvalue weighted by molar-refractivity contribution is 6.30. The van der Waals surface area contributed by atoms with Crippen LogP contribution in [0.15, 0.2) is 60.8 Å². The molecule has 7 heteroatoms. The maximum Gasteiger partial charge on any atom is 0.257 e. The molecule has 0 saturated carbocycles. The number of nitrogens with one attached hydrogen (secondary N) is 2. The van der Waals surface area contributed by atoms with Crippen LogP contribution in [0.4, 0.5) is 17.2 Å². The van der Waals surface area contributed by atoms with E-state index < -0.39 is 0 Å². The number of halogens is 1. The van der Waals surface area contributed by atoms with Crippen molar-refractivity contribution < 1.29 is 14.3 Å². The van der Waals surface area contributed by atoms with Crippen molar-refractivity contribution in [2.24, 2.45) is 0 Å². The van der Waals surface area contributed by atoms with Crippen LogP contribution in [-0.4, -0.2) is 24.1 Å². The van der Waals surface area contributed by atoms with Gasteiger partial charge in [-0.1, -0.05) is 17.7 Å². The van der Waals surface area contributed by atoms with Crippen LogP contribution in [-0.2, 0) is 0 Å². The van der Waals surface area contributed by atoms with Crippen molar-refractivity contribution in [3.8, 4) is 11.5 Å². The topological polar surface area (TPSA) is 72.5 Å². The number of benzene rings is 2. The first-order chi connectivity index (χ1) is 13.2. The van der Waals surface area contributed by atoms with Crippen molar-refractivity contribution in [2.45, 2.75) is 0 Å². The Morgan fingerprint density at radius 1 is 0.963 bits per heavy atom. The minimum absolute atomic E-state index is 0.256. The molecule has 0 aliphatic carbocycles. The van der Waals surface area contributed by atoms with Crippen molar-refractivity contribution in [3.05, 3.63) is 71.4 Å². The van der Waals surface area contributed by atoms with Gasteiger partial charge in [0.25, 0.3) is 5.91 Å². The SMILES string of the molecule is O=C(Nc1ccc2c(c1)OCCO2)c1ccc(Nc2cccc(Cl)c2)nc1. The quantitative estimate of drug-likeness (QED) is 0.696. The van der Waals surface area contributed by atoms with Gasteiger partial charge in [0, 0.05) is 28.7 Å². The van der Waals surface area contributed by atoms with Crippen molar-refractivity contribution in [2.75, 3.05) is 23.8 Å². The summed E-state index contributed by atoms with van der Waals surface area (Å²) in [6.45, 7) is 1.02. The van der Waals surface area contributed by atoms with Gasteiger partial charge in [-0.25, -0.2) is 4.98 Å². The molecule has 0 atom stereocenters. The second-order valence-electron chi connectivity index (χ2n) is 5.88. The molecular weight excluding hydrogens is 366 g/mol. The Bertz CT molecular complexity index is 976. The molecule has 0 unspecified atom stereocenters. The van der Waals surface area contributed by atoms with Crippen LogP contribution in [0.2, 0.25) is 5.02 Å². The molecule has 0 fully saturated rings. The number of ether oxygens (including phenoxy) is 2. The number of hydrogen-bond acceptors (Lipinski definition) is 5. The van der Waals surface area contributed by atoms with E-state index in [2.05, 4.69) is 15.6 Å². The van der Waals surface area contributed by atoms with Crippen LogP contribution < -0.4 is 20.1 Å². The third-order valence-electron chi connectivity index (χ3n) is 3.92. The molecule has 1 amide bonds. The Morgan fingerprint density at radius 2 is 1.81 bits per heavy atom. The first-order valence-corrected chi connectivity index (χ1v) is 8.75. The molecule has 2 heterocycles. The normalized spacial score (nSPS) is 12.3. The summed E-state index contributed by atoms with van der Waals surface area (Å²) in [4.78, 5) is 16.7. The monoisotopic (exact) mass is 381 g/mol. The summed E-state index contributed by atoms with van der Waals surface area (Å²) in [5.74, 6) is 1.66. The second-order valence-corrected chi connectivity index (χ2v) is 6.32. The zero-order valence-corrected chi connectivity index (χ0v) is 15.0. The Hall–Kier alpha value is -3.25. The zero-order chi connectivity index (χ0) is 18.6. The molecule has 0 spiro atoms. The summed E-state index contributed by atoms with van der Waals surface area (Å²) in [6, 6.07) is 16.1. The van der Waals surface area contributed by atoms with Crippen molar-refractivity contribution >= 4 is 34.7 Å². The number of fused-ring (bicyclic) bond motifs is 1. The fourth-order valence-corrected chi connectivity index (χ4v) is 2.83. The van der Waals surface area contributed by atoms with Gasteiger partial charge in [0.15, 0.2) is 11.5 Å². The van der Waals surface area contributed by atoms with Gasteiger partial charge in [-0.15, -0.1) is 0 Å². The van der Waals surface area contributed by atoms with Crippen molar-refractivity contribution in [1.29, 1.82) is 0 Å². The number of anilines is 3. The molecular formula is C20H16ClN3O3. The highest BCUT2D eigenvalue weighted by atomic mass is 35.5. The number of hydrogen-bond donors (Lipinski definition) is 2. The van der Waals surface area contributed by atoms with Gasteiger partial charge in [0.05, 0.1) is 5.56 Å². The second kappa shape index (κ2) is 7.55. The molecule has 1 aliphatic heterocycles. The standard InChI is InChI=1S/C20H16ClN3O3/c21-14-2-1-3-15(10-14)23-19-7-4-13(12-22-19)20(25)24-16-5-6-17-18(11-16)27-9-8-26-17/h1-7,10-12H,8-9H2,(H,22,23)(H,24,25). The molecule has 27 heavy (non-hydrogen) atoms. The van der Waals surface area contributed by atoms with E-state index in [0.29, 0.717) is 46.8 Å². The van der Waals surface area contributed by atoms with E-state index in [1.165, 1.54) is 6.20 Å². The number of pyridine rings is 1. The molecule has 6 nitrogen and oxygen atoms in total. The summed E-state index contributed by atoms with van der Waals surface area (Å²) >= 11 is 5.97. The molecule has 2 N–H and O–H groups in total. The van der Waals surface area contributed by atoms with Crippen LogP contribution in [0.25, 0.3) is 0 Å². The van der Waals surface area contributed by atoms with Gasteiger partial charge in [-0.05, 0) is 42.5 Å². The van der Waals surface area contributed by atoms with E-state index in [1.54, 1.807) is 42.5 Å². The largest absolute Gasteiger partial charge is 0.486 e. The maximum atomic E-state index is 12.4. The first-order valence-electron chi connectivity index (χ1n) is 8.37. The lowest BCUT2D eigenvalue weighted by Crippen LogP contribution is -2.16. The van der Waals surface area contributed by atoms with E-state index in [-0.39, 0.29) is 5.91 Å². The number of aromatic nitrogens is 1.